The number of rotatable bonds is 6. The van der Waals surface area contributed by atoms with Crippen LogP contribution in [0.5, 0.6) is 5.75 Å². The molecule has 1 aromatic carbocycles. The van der Waals surface area contributed by atoms with Crippen molar-refractivity contribution in [1.82, 2.24) is 10.3 Å². The van der Waals surface area contributed by atoms with Crippen LogP contribution in [0.3, 0.4) is 0 Å². The number of hydrogen-bond donors (Lipinski definition) is 6. The first-order valence-corrected chi connectivity index (χ1v) is 12.9. The predicted octanol–water partition coefficient (Wildman–Crippen LogP) is 2.23. The van der Waals surface area contributed by atoms with E-state index in [0.717, 1.165) is 0 Å². The van der Waals surface area contributed by atoms with E-state index in [1.54, 1.807) is 12.3 Å². The molecule has 3 aliphatic carbocycles. The van der Waals surface area contributed by atoms with Gasteiger partial charge in [-0.1, -0.05) is 19.9 Å². The summed E-state index contributed by atoms with van der Waals surface area (Å²) in [5.41, 5.74) is 4.13. The van der Waals surface area contributed by atoms with Crippen molar-refractivity contribution in [3.05, 3.63) is 64.1 Å². The zero-order valence-corrected chi connectivity index (χ0v) is 21.7. The molecule has 1 saturated carbocycles. The molecular formula is C29H31N3O7. The van der Waals surface area contributed by atoms with Gasteiger partial charge in [-0.15, -0.1) is 0 Å². The van der Waals surface area contributed by atoms with E-state index in [0.29, 0.717) is 34.8 Å². The van der Waals surface area contributed by atoms with Gasteiger partial charge in [-0.25, -0.2) is 0 Å². The van der Waals surface area contributed by atoms with E-state index >= 15 is 0 Å². The molecule has 1 fully saturated rings. The highest BCUT2D eigenvalue weighted by atomic mass is 16.3. The van der Waals surface area contributed by atoms with Crippen molar-refractivity contribution in [3.63, 3.8) is 0 Å². The smallest absolute Gasteiger partial charge is 0.255 e. The molecule has 1 amide bonds. The van der Waals surface area contributed by atoms with Gasteiger partial charge in [0.2, 0.25) is 5.78 Å². The van der Waals surface area contributed by atoms with Gasteiger partial charge in [0, 0.05) is 41.8 Å². The van der Waals surface area contributed by atoms with E-state index in [-0.39, 0.29) is 42.7 Å². The number of hydrogen-bond acceptors (Lipinski definition) is 9. The number of ketones is 2. The zero-order valence-electron chi connectivity index (χ0n) is 21.7. The average Bonchev–Trinajstić information content (AvgIpc) is 2.87. The first-order chi connectivity index (χ1) is 18.5. The fourth-order valence-corrected chi connectivity index (χ4v) is 6.13. The average molecular weight is 534 g/mol. The summed E-state index contributed by atoms with van der Waals surface area (Å²) in [6.45, 7) is 5.07. The molecule has 0 unspecified atom stereocenters. The Morgan fingerprint density at radius 3 is 2.59 bits per heavy atom. The normalized spacial score (nSPS) is 24.5. The van der Waals surface area contributed by atoms with E-state index in [1.807, 2.05) is 18.2 Å². The highest BCUT2D eigenvalue weighted by Crippen LogP contribution is 2.53. The Morgan fingerprint density at radius 2 is 1.95 bits per heavy atom. The Bertz CT molecular complexity index is 1460. The number of carbonyl (C=O) groups excluding carboxylic acids is 3. The highest BCUT2D eigenvalue weighted by Gasteiger charge is 2.60. The second-order valence-electron chi connectivity index (χ2n) is 10.9. The largest absolute Gasteiger partial charge is 0.508 e. The molecule has 7 N–H and O–H groups in total. The van der Waals surface area contributed by atoms with Gasteiger partial charge in [0.1, 0.15) is 22.8 Å². The fourth-order valence-electron chi connectivity index (χ4n) is 6.13. The highest BCUT2D eigenvalue weighted by molar-refractivity contribution is 6.22. The van der Waals surface area contributed by atoms with Gasteiger partial charge in [0.25, 0.3) is 5.91 Å². The summed E-state index contributed by atoms with van der Waals surface area (Å²) >= 11 is 0. The van der Waals surface area contributed by atoms with Crippen molar-refractivity contribution >= 4 is 23.2 Å². The Kier molecular flexibility index (Phi) is 6.56. The lowest BCUT2D eigenvalue weighted by molar-refractivity contribution is -0.147. The SMILES string of the molecule is CC(C)CNCc1cc(-c2ccccn2)c2c(c1O)C(O)=C1C(=O)[C@]3(O)C(O)=C(C(N)=O)C(=O)C[C@@H]3C[C@@H]1C2. The lowest BCUT2D eigenvalue weighted by Crippen LogP contribution is -2.58. The van der Waals surface area contributed by atoms with Gasteiger partial charge in [0.05, 0.1) is 11.3 Å². The number of nitrogens with zero attached hydrogens (tertiary/aromatic N) is 1. The fraction of sp³-hybridized carbons (Fsp3) is 0.379. The molecule has 0 bridgehead atoms. The van der Waals surface area contributed by atoms with Gasteiger partial charge < -0.3 is 31.5 Å². The lowest BCUT2D eigenvalue weighted by atomic mass is 9.59. The van der Waals surface area contributed by atoms with Crippen LogP contribution in [0.1, 0.15) is 43.4 Å². The summed E-state index contributed by atoms with van der Waals surface area (Å²) < 4.78 is 0. The first kappa shape index (κ1) is 26.6. The van der Waals surface area contributed by atoms with Crippen molar-refractivity contribution in [2.45, 2.75) is 45.3 Å². The summed E-state index contributed by atoms with van der Waals surface area (Å²) in [4.78, 5) is 42.7. The summed E-state index contributed by atoms with van der Waals surface area (Å²) in [6.07, 6.45) is 1.57. The van der Waals surface area contributed by atoms with Gasteiger partial charge in [-0.2, -0.15) is 0 Å². The number of pyridine rings is 1. The molecule has 204 valence electrons. The Balaban J connectivity index is 1.70. The molecule has 0 spiro atoms. The molecular weight excluding hydrogens is 502 g/mol. The van der Waals surface area contributed by atoms with Crippen molar-refractivity contribution in [3.8, 4) is 17.0 Å². The predicted molar refractivity (Wildman–Crippen MR) is 141 cm³/mol. The monoisotopic (exact) mass is 533 g/mol. The number of carbonyl (C=O) groups is 3. The van der Waals surface area contributed by atoms with Gasteiger partial charge in [-0.05, 0) is 55.0 Å². The number of aliphatic hydroxyl groups is 3. The van der Waals surface area contributed by atoms with Gasteiger partial charge >= 0.3 is 0 Å². The summed E-state index contributed by atoms with van der Waals surface area (Å²) in [6, 6.07) is 7.23. The van der Waals surface area contributed by atoms with Crippen LogP contribution < -0.4 is 11.1 Å². The number of primary amides is 1. The standard InChI is InChI=1S/C29H31N3O7/c1-13(2)11-31-12-15-9-17(19-5-3-4-6-32-19)18-8-14-7-16-10-20(33)23(28(30)38)27(37)29(16,39)26(36)21(14)25(35)22(18)24(15)34/h3-6,9,13-14,16,31,34-35,37,39H,7-8,10-12H2,1-2H3,(H2,30,38)/t14-,16+,29+/m1/s1. The lowest BCUT2D eigenvalue weighted by Gasteiger charge is -2.46. The topological polar surface area (TPSA) is 183 Å². The Morgan fingerprint density at radius 1 is 1.21 bits per heavy atom. The number of Topliss-reactive ketones (excluding diaryl/α,β-unsaturated/α-hetero) is 2. The van der Waals surface area contributed by atoms with Crippen LogP contribution >= 0.6 is 0 Å². The van der Waals surface area contributed by atoms with Crippen molar-refractivity contribution in [2.75, 3.05) is 6.54 Å². The minimum atomic E-state index is -2.59. The zero-order chi connectivity index (χ0) is 28.2. The molecule has 10 heteroatoms. The van der Waals surface area contributed by atoms with Crippen LogP contribution in [0.2, 0.25) is 0 Å². The van der Waals surface area contributed by atoms with E-state index in [9.17, 15) is 34.8 Å². The van der Waals surface area contributed by atoms with Gasteiger partial charge in [-0.3, -0.25) is 19.4 Å². The van der Waals surface area contributed by atoms with E-state index in [4.69, 9.17) is 5.73 Å². The van der Waals surface area contributed by atoms with Crippen molar-refractivity contribution in [1.29, 1.82) is 0 Å². The maximum absolute atomic E-state index is 13.8. The third-order valence-corrected chi connectivity index (χ3v) is 7.95. The number of phenolic OH excluding ortho intramolecular Hbond substituents is 1. The molecule has 1 aromatic heterocycles. The molecule has 39 heavy (non-hydrogen) atoms. The number of fused-ring (bicyclic) bond motifs is 3. The number of phenols is 1. The molecule has 3 aliphatic rings. The third kappa shape index (κ3) is 4.11. The second-order valence-corrected chi connectivity index (χ2v) is 10.9. The van der Waals surface area contributed by atoms with Crippen LogP contribution in [0.25, 0.3) is 17.0 Å². The quantitative estimate of drug-likeness (QED) is 0.303. The van der Waals surface area contributed by atoms with Crippen molar-refractivity contribution in [2.24, 2.45) is 23.5 Å². The molecule has 3 atom stereocenters. The molecule has 10 nitrogen and oxygen atoms in total. The van der Waals surface area contributed by atoms with E-state index < -0.39 is 52.0 Å². The Labute approximate surface area is 224 Å². The van der Waals surface area contributed by atoms with Crippen LogP contribution in [0, 0.1) is 17.8 Å². The summed E-state index contributed by atoms with van der Waals surface area (Å²) in [7, 11) is 0. The molecule has 5 rings (SSSR count). The number of aliphatic hydroxyl groups excluding tert-OH is 2. The Hall–Kier alpha value is -4.02. The van der Waals surface area contributed by atoms with E-state index in [1.165, 1.54) is 0 Å². The molecule has 0 aliphatic heterocycles. The molecule has 0 radical (unpaired) electrons. The second kappa shape index (κ2) is 9.62. The minimum Gasteiger partial charge on any atom is -0.508 e. The van der Waals surface area contributed by atoms with Crippen LogP contribution in [0.4, 0.5) is 0 Å². The summed E-state index contributed by atoms with van der Waals surface area (Å²) in [5.74, 6) is -6.09. The van der Waals surface area contributed by atoms with Crippen LogP contribution in [-0.4, -0.2) is 55.0 Å². The maximum atomic E-state index is 13.8. The summed E-state index contributed by atoms with van der Waals surface area (Å²) in [5, 5.41) is 48.3. The molecule has 2 aromatic rings. The molecule has 1 heterocycles. The van der Waals surface area contributed by atoms with E-state index in [2.05, 4.69) is 24.1 Å². The number of nitrogens with two attached hydrogens (primary N) is 1. The van der Waals surface area contributed by atoms with Crippen LogP contribution in [-0.2, 0) is 27.3 Å². The first-order valence-electron chi connectivity index (χ1n) is 12.9. The molecule has 0 saturated heterocycles. The minimum absolute atomic E-state index is 0.0617. The van der Waals surface area contributed by atoms with Crippen molar-refractivity contribution < 1.29 is 34.8 Å². The maximum Gasteiger partial charge on any atom is 0.255 e. The van der Waals surface area contributed by atoms with Gasteiger partial charge in [0.15, 0.2) is 11.4 Å². The number of nitrogens with one attached hydrogen (secondary N) is 1. The van der Waals surface area contributed by atoms with Crippen LogP contribution in [0.15, 0.2) is 47.4 Å². The number of benzene rings is 1. The third-order valence-electron chi connectivity index (χ3n) is 7.95. The number of aromatic nitrogens is 1. The number of aromatic hydroxyl groups is 1. The number of amides is 1.